The predicted octanol–water partition coefficient (Wildman–Crippen LogP) is 0.0208. The zero-order valence-corrected chi connectivity index (χ0v) is 9.64. The highest BCUT2D eigenvalue weighted by Crippen LogP contribution is 2.16. The first kappa shape index (κ1) is 10.4. The Hall–Kier alpha value is 0.270. The van der Waals surface area contributed by atoms with Gasteiger partial charge in [0.1, 0.15) is 0 Å². The van der Waals surface area contributed by atoms with Crippen molar-refractivity contribution in [1.82, 2.24) is 8.61 Å². The van der Waals surface area contributed by atoms with Crippen LogP contribution in [0.5, 0.6) is 0 Å². The van der Waals surface area contributed by atoms with E-state index >= 15 is 0 Å². The molecule has 0 N–H and O–H groups in total. The molecule has 0 atom stereocenters. The van der Waals surface area contributed by atoms with E-state index in [2.05, 4.69) is 5.92 Å². The maximum Gasteiger partial charge on any atom is 0.0474 e. The van der Waals surface area contributed by atoms with E-state index in [9.17, 15) is 0 Å². The molecule has 1 heterocycles. The summed E-state index contributed by atoms with van der Waals surface area (Å²) in [7, 11) is 2.36. The molecule has 1 fully saturated rings. The van der Waals surface area contributed by atoms with E-state index in [0.29, 0.717) is 0 Å². The third-order valence-electron chi connectivity index (χ3n) is 1.98. The Morgan fingerprint density at radius 3 is 2.08 bits per heavy atom. The van der Waals surface area contributed by atoms with Crippen molar-refractivity contribution in [3.8, 4) is 12.3 Å². The van der Waals surface area contributed by atoms with E-state index in [1.54, 1.807) is 0 Å². The predicted molar refractivity (Wildman–Crippen MR) is 59.7 cm³/mol. The molecule has 0 unspecified atom stereocenters. The van der Waals surface area contributed by atoms with Crippen molar-refractivity contribution in [2.24, 2.45) is 5.92 Å². The Bertz CT molecular complexity index is 283. The molecule has 5 heteroatoms. The molecule has 1 aliphatic heterocycles. The molecule has 0 amide bonds. The van der Waals surface area contributed by atoms with E-state index in [0.717, 1.165) is 13.1 Å². The van der Waals surface area contributed by atoms with E-state index in [1.165, 1.54) is 0 Å². The van der Waals surface area contributed by atoms with Crippen LogP contribution in [0.3, 0.4) is 0 Å². The van der Waals surface area contributed by atoms with Gasteiger partial charge in [0, 0.05) is 26.5 Å². The Morgan fingerprint density at radius 1 is 1.33 bits per heavy atom. The number of terminal acetylenes is 1. The van der Waals surface area contributed by atoms with Crippen LogP contribution in [0, 0.1) is 18.3 Å². The van der Waals surface area contributed by atoms with Crippen molar-refractivity contribution in [3.05, 3.63) is 0 Å². The highest BCUT2D eigenvalue weighted by Gasteiger charge is 2.26. The molecule has 0 aromatic rings. The molecule has 0 spiro atoms. The van der Waals surface area contributed by atoms with Crippen LogP contribution in [-0.2, 0) is 29.9 Å². The largest absolute Gasteiger partial charge is 0.235 e. The van der Waals surface area contributed by atoms with Crippen LogP contribution < -0.4 is 0 Å². The maximum absolute atomic E-state index is 5.35. The molecule has 1 aliphatic rings. The minimum absolute atomic E-state index is 0.270. The number of rotatable bonds is 0. The molecule has 0 bridgehead atoms. The third-order valence-corrected chi connectivity index (χ3v) is 6.91. The molecule has 68 valence electrons. The Balaban J connectivity index is 2.87. The summed E-state index contributed by atoms with van der Waals surface area (Å²) in [6, 6.07) is 0. The van der Waals surface area contributed by atoms with Gasteiger partial charge in [0.15, 0.2) is 0 Å². The number of hydrogen-bond donors (Lipinski definition) is 0. The van der Waals surface area contributed by atoms with Gasteiger partial charge in [-0.05, 0) is 36.5 Å². The van der Waals surface area contributed by atoms with Gasteiger partial charge in [-0.2, -0.15) is 0 Å². The van der Waals surface area contributed by atoms with E-state index in [1.807, 2.05) is 22.7 Å². The normalized spacial score (nSPS) is 26.8. The summed E-state index contributed by atoms with van der Waals surface area (Å²) < 4.78 is 4.04. The van der Waals surface area contributed by atoms with E-state index in [-0.39, 0.29) is 5.92 Å². The first-order valence-electron chi connectivity index (χ1n) is 3.62. The summed E-state index contributed by atoms with van der Waals surface area (Å²) in [6.45, 7) is 1.67. The fourth-order valence-electron chi connectivity index (χ4n) is 1.21. The van der Waals surface area contributed by atoms with Gasteiger partial charge in [-0.25, -0.2) is 8.61 Å². The summed E-state index contributed by atoms with van der Waals surface area (Å²) in [5, 5.41) is 0. The first-order valence-corrected chi connectivity index (χ1v) is 7.02. The lowest BCUT2D eigenvalue weighted by Crippen LogP contribution is -2.48. The van der Waals surface area contributed by atoms with Gasteiger partial charge in [0.05, 0.1) is 0 Å². The van der Waals surface area contributed by atoms with Crippen LogP contribution in [0.1, 0.15) is 0 Å². The van der Waals surface area contributed by atoms with Crippen molar-refractivity contribution in [2.75, 3.05) is 27.2 Å². The molecule has 1 rings (SSSR count). The van der Waals surface area contributed by atoms with Crippen molar-refractivity contribution < 1.29 is 0 Å². The van der Waals surface area contributed by atoms with Gasteiger partial charge >= 0.3 is 0 Å². The summed E-state index contributed by atoms with van der Waals surface area (Å²) in [5.74, 6) is 3.01. The molecular formula is C7H12N2S3. The van der Waals surface area contributed by atoms with Crippen LogP contribution in [0.2, 0.25) is 0 Å². The lowest BCUT2D eigenvalue weighted by atomic mass is 10.1. The van der Waals surface area contributed by atoms with Crippen molar-refractivity contribution in [3.63, 3.8) is 0 Å². The average molecular weight is 220 g/mol. The van der Waals surface area contributed by atoms with Gasteiger partial charge in [-0.1, -0.05) is 0 Å². The Kier molecular flexibility index (Phi) is 3.07. The van der Waals surface area contributed by atoms with Crippen LogP contribution in [0.4, 0.5) is 0 Å². The second-order valence-corrected chi connectivity index (χ2v) is 8.50. The van der Waals surface area contributed by atoms with Crippen molar-refractivity contribution in [2.45, 2.75) is 0 Å². The zero-order valence-electron chi connectivity index (χ0n) is 7.19. The molecule has 0 radical (unpaired) electrons. The summed E-state index contributed by atoms with van der Waals surface area (Å²) in [6.07, 6.45) is 5.35. The van der Waals surface area contributed by atoms with Crippen LogP contribution >= 0.6 is 0 Å². The Morgan fingerprint density at radius 2 is 1.75 bits per heavy atom. The van der Waals surface area contributed by atoms with Gasteiger partial charge in [-0.3, -0.25) is 0 Å². The monoisotopic (exact) mass is 220 g/mol. The molecule has 1 saturated heterocycles. The second-order valence-electron chi connectivity index (χ2n) is 2.93. The minimum atomic E-state index is -1.55. The van der Waals surface area contributed by atoms with E-state index in [4.69, 9.17) is 28.8 Å². The molecule has 0 aromatic heterocycles. The third kappa shape index (κ3) is 1.78. The lowest BCUT2D eigenvalue weighted by Gasteiger charge is -2.38. The number of nitrogens with zero attached hydrogens (tertiary/aromatic N) is 2. The smallest absolute Gasteiger partial charge is 0.0474 e. The van der Waals surface area contributed by atoms with Crippen LogP contribution in [0.25, 0.3) is 0 Å². The fraction of sp³-hybridized carbons (Fsp3) is 0.714. The van der Waals surface area contributed by atoms with Crippen molar-refractivity contribution >= 4 is 29.9 Å². The maximum atomic E-state index is 5.35. The minimum Gasteiger partial charge on any atom is -0.235 e. The van der Waals surface area contributed by atoms with Crippen LogP contribution in [0.15, 0.2) is 0 Å². The topological polar surface area (TPSA) is 6.48 Å². The van der Waals surface area contributed by atoms with Gasteiger partial charge in [0.2, 0.25) is 0 Å². The SMILES string of the molecule is C#CC1CN(C)S(=S)(=S)N(C)C1. The first-order chi connectivity index (χ1) is 5.48. The second kappa shape index (κ2) is 3.56. The molecule has 0 aliphatic carbocycles. The van der Waals surface area contributed by atoms with Crippen molar-refractivity contribution in [1.29, 1.82) is 0 Å². The van der Waals surface area contributed by atoms with Crippen LogP contribution in [-0.4, -0.2) is 35.8 Å². The quantitative estimate of drug-likeness (QED) is 0.531. The molecule has 0 saturated carbocycles. The highest BCUT2D eigenvalue weighted by molar-refractivity contribution is 8.54. The highest BCUT2D eigenvalue weighted by atomic mass is 33.1. The number of hydrogen-bond acceptors (Lipinski definition) is 2. The summed E-state index contributed by atoms with van der Waals surface area (Å²) in [4.78, 5) is 0. The summed E-state index contributed by atoms with van der Waals surface area (Å²) >= 11 is 10.6. The fourth-order valence-corrected chi connectivity index (χ4v) is 3.15. The van der Waals surface area contributed by atoms with Gasteiger partial charge < -0.3 is 0 Å². The van der Waals surface area contributed by atoms with Gasteiger partial charge in [-0.15, -0.1) is 12.3 Å². The molecular weight excluding hydrogens is 208 g/mol. The standard InChI is InChI=1S/C7H12N2S3/c1-4-7-5-8(2)12(10,11)9(3)6-7/h1,7H,5-6H2,2-3H3. The lowest BCUT2D eigenvalue weighted by molar-refractivity contribution is 0.353. The average Bonchev–Trinajstić information content (AvgIpc) is 2.00. The Labute approximate surface area is 84.0 Å². The van der Waals surface area contributed by atoms with Gasteiger partial charge in [0.25, 0.3) is 0 Å². The zero-order chi connectivity index (χ0) is 9.35. The molecule has 12 heavy (non-hydrogen) atoms. The molecule has 2 nitrogen and oxygen atoms in total. The summed E-state index contributed by atoms with van der Waals surface area (Å²) in [5.41, 5.74) is 0. The van der Waals surface area contributed by atoms with E-state index < -0.39 is 7.52 Å². The molecule has 0 aromatic carbocycles.